The summed E-state index contributed by atoms with van der Waals surface area (Å²) in [5.74, 6) is -0.625. The minimum atomic E-state index is -0.457. The summed E-state index contributed by atoms with van der Waals surface area (Å²) in [6.45, 7) is 37.4. The number of methoxy groups -OCH3 is 2. The number of carbonyl (C=O) groups is 3. The van der Waals surface area contributed by atoms with Gasteiger partial charge in [-0.2, -0.15) is 0 Å². The number of rotatable bonds is 15. The van der Waals surface area contributed by atoms with Crippen LogP contribution in [0.2, 0.25) is 0 Å². The summed E-state index contributed by atoms with van der Waals surface area (Å²) in [5, 5.41) is 34.3. The number of allylic oxidation sites excluding steroid dienone is 6. The smallest absolute Gasteiger partial charge is 0.875 e. The maximum absolute atomic E-state index is 11.4. The molecular weight excluding hydrogens is 831 g/mol. The second-order valence-electron chi connectivity index (χ2n) is 18.9. The van der Waals surface area contributed by atoms with Crippen LogP contribution in [0.15, 0.2) is 35.5 Å². The van der Waals surface area contributed by atoms with E-state index in [2.05, 4.69) is 0 Å². The van der Waals surface area contributed by atoms with Crippen LogP contribution in [-0.2, 0) is 38.1 Å². The maximum atomic E-state index is 11.4. The Morgan fingerprint density at radius 3 is 0.655 bits per heavy atom. The molecule has 0 rings (SSSR count). The van der Waals surface area contributed by atoms with Crippen molar-refractivity contribution in [2.24, 2.45) is 32.5 Å². The first-order valence-electron chi connectivity index (χ1n) is 18.6. The van der Waals surface area contributed by atoms with Crippen molar-refractivity contribution in [1.29, 1.82) is 0 Å². The van der Waals surface area contributed by atoms with Gasteiger partial charge in [0.25, 0.3) is 0 Å². The quantitative estimate of drug-likeness (QED) is 0.107. The molecule has 0 aromatic heterocycles. The van der Waals surface area contributed by atoms with Gasteiger partial charge in [-0.3, -0.25) is 14.4 Å². The first-order valence-corrected chi connectivity index (χ1v) is 18.6. The molecule has 0 aliphatic heterocycles. The molecule has 0 radical (unpaired) electrons. The summed E-state index contributed by atoms with van der Waals surface area (Å²) in [5.41, 5.74) is -2.74. The molecule has 0 N–H and O–H groups in total. The van der Waals surface area contributed by atoms with Crippen molar-refractivity contribution in [2.45, 2.75) is 125 Å². The van der Waals surface area contributed by atoms with Gasteiger partial charge in [0, 0.05) is 30.5 Å². The van der Waals surface area contributed by atoms with E-state index in [0.717, 1.165) is 0 Å². The van der Waals surface area contributed by atoms with Gasteiger partial charge in [-0.15, -0.1) is 17.3 Å². The average molecular weight is 911 g/mol. The van der Waals surface area contributed by atoms with Crippen LogP contribution in [0.3, 0.4) is 0 Å². The van der Waals surface area contributed by atoms with Crippen LogP contribution in [0.25, 0.3) is 0 Å². The number of ether oxygens (including phenoxy) is 5. The Labute approximate surface area is 364 Å². The van der Waals surface area contributed by atoms with Crippen molar-refractivity contribution in [3.8, 4) is 0 Å². The topological polar surface area (TPSA) is 167 Å². The summed E-state index contributed by atoms with van der Waals surface area (Å²) in [7, 11) is 3.30. The van der Waals surface area contributed by atoms with Gasteiger partial charge in [0.1, 0.15) is 0 Å². The van der Waals surface area contributed by atoms with Crippen LogP contribution in [-0.4, -0.2) is 84.4 Å². The van der Waals surface area contributed by atoms with Crippen LogP contribution in [0.4, 0.5) is 0 Å². The van der Waals surface area contributed by atoms with Crippen LogP contribution >= 0.6 is 0 Å². The summed E-state index contributed by atoms with van der Waals surface area (Å²) in [6, 6.07) is 0. The van der Waals surface area contributed by atoms with Gasteiger partial charge >= 0.3 is 35.6 Å². The number of ketones is 3. The first kappa shape index (κ1) is 62.8. The zero-order chi connectivity index (χ0) is 43.8. The van der Waals surface area contributed by atoms with Crippen LogP contribution in [0.1, 0.15) is 125 Å². The molecule has 0 atom stereocenters. The van der Waals surface area contributed by atoms with Crippen molar-refractivity contribution in [1.82, 2.24) is 0 Å². The largest absolute Gasteiger partial charge is 3.00 e. The van der Waals surface area contributed by atoms with Gasteiger partial charge in [0.05, 0.1) is 52.9 Å². The second-order valence-corrected chi connectivity index (χ2v) is 18.9. The molecule has 320 valence electrons. The summed E-state index contributed by atoms with van der Waals surface area (Å²) in [6.07, 6.45) is 3.67. The Hall–Kier alpha value is -1.38. The van der Waals surface area contributed by atoms with E-state index in [1.807, 2.05) is 125 Å². The molecule has 0 spiro atoms. The molecule has 0 heterocycles. The van der Waals surface area contributed by atoms with E-state index in [1.165, 1.54) is 18.2 Å². The molecule has 12 heteroatoms. The van der Waals surface area contributed by atoms with Crippen LogP contribution in [0.5, 0.6) is 0 Å². The van der Waals surface area contributed by atoms with Crippen molar-refractivity contribution in [3.05, 3.63) is 35.5 Å². The third kappa shape index (κ3) is 39.2. The molecular formula is C43H79LaO11. The molecule has 11 nitrogen and oxygen atoms in total. The number of hydrogen-bond donors (Lipinski definition) is 0. The molecule has 0 fully saturated rings. The van der Waals surface area contributed by atoms with Crippen molar-refractivity contribution in [2.75, 3.05) is 67.1 Å². The number of hydrogen-bond acceptors (Lipinski definition) is 11. The first-order chi connectivity index (χ1) is 24.1. The Balaban J connectivity index is -0.000000201. The molecule has 55 heavy (non-hydrogen) atoms. The Morgan fingerprint density at radius 1 is 0.364 bits per heavy atom. The molecule has 0 unspecified atom stereocenters. The van der Waals surface area contributed by atoms with Crippen molar-refractivity contribution in [3.63, 3.8) is 0 Å². The number of carbonyl (C=O) groups excluding carboxylic acids is 3. The van der Waals surface area contributed by atoms with Gasteiger partial charge < -0.3 is 39.0 Å². The van der Waals surface area contributed by atoms with Gasteiger partial charge in [-0.1, -0.05) is 125 Å². The van der Waals surface area contributed by atoms with Crippen LogP contribution in [0, 0.1) is 68.1 Å². The SMILES string of the molecule is CC(C)(C)C(=O)/C=C(\[O-])C(C)(C)C.CC(C)(C)C(=O)/C=C(\[O-])C(C)(C)C.CC(C)(C)C(=O)/C=C(\[O-])C(C)(C)C.COCCOCCOCCOCCOC.[La+3]. The van der Waals surface area contributed by atoms with Gasteiger partial charge in [0.15, 0.2) is 17.3 Å². The predicted molar refractivity (Wildman–Crippen MR) is 212 cm³/mol. The van der Waals surface area contributed by atoms with Crippen molar-refractivity contribution >= 4 is 17.3 Å². The normalized spacial score (nSPS) is 13.2. The summed E-state index contributed by atoms with van der Waals surface area (Å²) in [4.78, 5) is 34.3. The Bertz CT molecular complexity index is 1010. The molecule has 0 aromatic rings. The standard InChI is InChI=1S/3C11H20O2.C10H22O5.La/c3*1-10(2,3)8(12)7-9(13)11(4,5)6;1-11-3-5-13-7-9-15-10-8-14-6-4-12-2;/h3*7,12H,1-6H3;3-10H2,1-2H3;/q;;;;+3/p-3/b3*8-7-;;. The molecule has 0 bridgehead atoms. The average Bonchev–Trinajstić information content (AvgIpc) is 2.98. The predicted octanol–water partition coefficient (Wildman–Crippen LogP) is 6.00. The fourth-order valence-corrected chi connectivity index (χ4v) is 2.48. The maximum Gasteiger partial charge on any atom is 3.00 e. The zero-order valence-electron chi connectivity index (χ0n) is 38.5. The van der Waals surface area contributed by atoms with Crippen molar-refractivity contribution < 1.29 is 89.0 Å². The molecule has 0 aromatic carbocycles. The molecule has 0 aliphatic carbocycles. The summed E-state index contributed by atoms with van der Waals surface area (Å²) >= 11 is 0. The fourth-order valence-electron chi connectivity index (χ4n) is 2.48. The van der Waals surface area contributed by atoms with E-state index in [9.17, 15) is 29.7 Å². The zero-order valence-corrected chi connectivity index (χ0v) is 42.1. The molecule has 0 saturated carbocycles. The van der Waals surface area contributed by atoms with E-state index >= 15 is 0 Å². The van der Waals surface area contributed by atoms with Gasteiger partial charge in [-0.25, -0.2) is 0 Å². The van der Waals surface area contributed by atoms with Gasteiger partial charge in [-0.05, 0) is 34.5 Å². The van der Waals surface area contributed by atoms with E-state index in [1.54, 1.807) is 14.2 Å². The molecule has 0 saturated heterocycles. The summed E-state index contributed by atoms with van der Waals surface area (Å²) < 4.78 is 25.3. The third-order valence-corrected chi connectivity index (χ3v) is 6.83. The molecule has 0 amide bonds. The minimum Gasteiger partial charge on any atom is -0.875 e. The Kier molecular flexibility index (Phi) is 34.0. The monoisotopic (exact) mass is 910 g/mol. The fraction of sp³-hybridized carbons (Fsp3) is 0.791. The van der Waals surface area contributed by atoms with E-state index < -0.39 is 32.5 Å². The Morgan fingerprint density at radius 2 is 0.527 bits per heavy atom. The third-order valence-electron chi connectivity index (χ3n) is 6.83. The second kappa shape index (κ2) is 29.8. The minimum absolute atomic E-state index is 0. The van der Waals surface area contributed by atoms with Gasteiger partial charge in [0.2, 0.25) is 0 Å². The molecule has 0 aliphatic rings. The van der Waals surface area contributed by atoms with E-state index in [-0.39, 0.29) is 70.2 Å². The van der Waals surface area contributed by atoms with E-state index in [4.69, 9.17) is 23.7 Å². The van der Waals surface area contributed by atoms with E-state index in [0.29, 0.717) is 52.9 Å². The van der Waals surface area contributed by atoms with Crippen LogP contribution < -0.4 is 15.3 Å².